The number of likely N-dealkylation sites (N-methyl/N-ethyl adjacent to an activating group) is 2. The van der Waals surface area contributed by atoms with Crippen molar-refractivity contribution in [3.05, 3.63) is 72.1 Å². The molecule has 2 heterocycles. The first-order valence-corrected chi connectivity index (χ1v) is 17.3. The summed E-state index contributed by atoms with van der Waals surface area (Å²) in [6.07, 6.45) is 8.90. The maximum Gasteiger partial charge on any atom is 0.221 e. The zero-order valence-corrected chi connectivity index (χ0v) is 29.1. The van der Waals surface area contributed by atoms with Crippen LogP contribution in [-0.2, 0) is 12.8 Å². The molecule has 0 radical (unpaired) electrons. The van der Waals surface area contributed by atoms with E-state index in [0.29, 0.717) is 19.3 Å². The van der Waals surface area contributed by atoms with E-state index in [2.05, 4.69) is 110 Å². The molecule has 4 aromatic rings. The number of rotatable bonds is 19. The monoisotopic (exact) mass is 614 g/mol. The molecule has 6 heteroatoms. The van der Waals surface area contributed by atoms with Crippen LogP contribution in [0.15, 0.2) is 60.7 Å². The molecule has 1 unspecified atom stereocenters. The molecule has 0 aliphatic carbocycles. The maximum absolute atomic E-state index is 6.42. The van der Waals surface area contributed by atoms with Crippen molar-refractivity contribution >= 4 is 21.5 Å². The summed E-state index contributed by atoms with van der Waals surface area (Å²) < 4.78 is 14.6. The van der Waals surface area contributed by atoms with Crippen LogP contribution in [0.5, 0.6) is 11.8 Å². The lowest BCUT2D eigenvalue weighted by molar-refractivity contribution is -0.927. The Morgan fingerprint density at radius 1 is 0.644 bits per heavy atom. The van der Waals surface area contributed by atoms with Gasteiger partial charge in [-0.25, -0.2) is 9.97 Å². The first-order chi connectivity index (χ1) is 21.7. The van der Waals surface area contributed by atoms with E-state index in [4.69, 9.17) is 19.4 Å². The Kier molecular flexibility index (Phi) is 12.6. The fourth-order valence-electron chi connectivity index (χ4n) is 6.24. The molecule has 0 aliphatic rings. The van der Waals surface area contributed by atoms with Crippen LogP contribution in [0.25, 0.3) is 21.5 Å². The fourth-order valence-corrected chi connectivity index (χ4v) is 6.24. The molecule has 6 nitrogen and oxygen atoms in total. The van der Waals surface area contributed by atoms with E-state index in [1.54, 1.807) is 0 Å². The van der Waals surface area contributed by atoms with Crippen molar-refractivity contribution in [3.63, 3.8) is 0 Å². The van der Waals surface area contributed by atoms with Crippen LogP contribution < -0.4 is 9.47 Å². The molecule has 2 aromatic carbocycles. The van der Waals surface area contributed by atoms with Crippen molar-refractivity contribution in [2.75, 3.05) is 61.0 Å². The molecule has 244 valence electrons. The van der Waals surface area contributed by atoms with E-state index >= 15 is 0 Å². The predicted molar refractivity (Wildman–Crippen MR) is 189 cm³/mol. The predicted octanol–water partition coefficient (Wildman–Crippen LogP) is 8.25. The van der Waals surface area contributed by atoms with Gasteiger partial charge in [0.25, 0.3) is 0 Å². The summed E-state index contributed by atoms with van der Waals surface area (Å²) in [5.74, 6) is 1.56. The van der Waals surface area contributed by atoms with Crippen LogP contribution >= 0.6 is 0 Å². The minimum atomic E-state index is 0.549. The first kappa shape index (κ1) is 34.6. The van der Waals surface area contributed by atoms with Gasteiger partial charge < -0.3 is 18.4 Å². The summed E-state index contributed by atoms with van der Waals surface area (Å²) in [7, 11) is 9.35. The van der Waals surface area contributed by atoms with Gasteiger partial charge in [0.2, 0.25) is 11.8 Å². The second-order valence-electron chi connectivity index (χ2n) is 13.9. The summed E-state index contributed by atoms with van der Waals surface area (Å²) in [4.78, 5) is 9.84. The summed E-state index contributed by atoms with van der Waals surface area (Å²) >= 11 is 0. The van der Waals surface area contributed by atoms with E-state index < -0.39 is 0 Å². The number of nitrogens with zero attached hydrogens (tertiary/aromatic N) is 4. The van der Waals surface area contributed by atoms with Gasteiger partial charge in [0, 0.05) is 28.6 Å². The van der Waals surface area contributed by atoms with Gasteiger partial charge in [-0.1, -0.05) is 70.0 Å². The van der Waals surface area contributed by atoms with Crippen molar-refractivity contribution in [3.8, 4) is 11.8 Å². The summed E-state index contributed by atoms with van der Waals surface area (Å²) in [6, 6.07) is 21.9. The zero-order valence-electron chi connectivity index (χ0n) is 29.1. The molecule has 0 bridgehead atoms. The summed E-state index contributed by atoms with van der Waals surface area (Å²) in [5, 5.41) is 4.63. The highest BCUT2D eigenvalue weighted by Crippen LogP contribution is 2.27. The Labute approximate surface area is 272 Å². The van der Waals surface area contributed by atoms with E-state index in [0.717, 1.165) is 101 Å². The highest BCUT2D eigenvalue weighted by Gasteiger charge is 2.29. The maximum atomic E-state index is 6.42. The topological polar surface area (TPSA) is 44.2 Å². The van der Waals surface area contributed by atoms with Crippen molar-refractivity contribution in [1.82, 2.24) is 9.97 Å². The molecular weight excluding hydrogens is 556 g/mol. The standard InChI is InChI=1S/C39H58N4O2/c1-8-11-19-33-29-31-17-13-15-21-36(31)38(40-33)44-27-25-42(4,5)24-23-35(10-3)43(6,7)26-28-45-39-37-22-16-14-18-32(37)30-34(41-39)20-12-9-2/h13-18,21-22,29-30,35H,8-12,19-20,23-28H2,1-7H3/q+2. The van der Waals surface area contributed by atoms with E-state index in [1.807, 2.05) is 0 Å². The van der Waals surface area contributed by atoms with Crippen LogP contribution in [0, 0.1) is 0 Å². The third kappa shape index (κ3) is 9.88. The SMILES string of the molecule is CCCCc1cc2ccccc2c(OCC[N+](C)(C)CCC(CC)[N+](C)(C)CCOc2nc(CCCC)cc3ccccc23)n1. The zero-order chi connectivity index (χ0) is 32.3. The first-order valence-electron chi connectivity index (χ1n) is 17.3. The minimum Gasteiger partial charge on any atom is -0.471 e. The number of aromatic nitrogens is 2. The Hall–Kier alpha value is -3.22. The van der Waals surface area contributed by atoms with E-state index in [9.17, 15) is 0 Å². The Morgan fingerprint density at radius 2 is 1.13 bits per heavy atom. The minimum absolute atomic E-state index is 0.549. The van der Waals surface area contributed by atoms with Gasteiger partial charge in [-0.2, -0.15) is 0 Å². The molecule has 0 aliphatic heterocycles. The van der Waals surface area contributed by atoms with Crippen LogP contribution in [0.3, 0.4) is 0 Å². The average molecular weight is 615 g/mol. The molecule has 4 rings (SSSR count). The molecule has 0 N–H and O–H groups in total. The Balaban J connectivity index is 1.31. The third-order valence-corrected chi connectivity index (χ3v) is 9.46. The number of hydrogen-bond donors (Lipinski definition) is 0. The van der Waals surface area contributed by atoms with Crippen LogP contribution in [-0.4, -0.2) is 86.0 Å². The molecule has 0 saturated carbocycles. The lowest BCUT2D eigenvalue weighted by atomic mass is 10.1. The highest BCUT2D eigenvalue weighted by molar-refractivity contribution is 5.87. The number of pyridine rings is 2. The smallest absolute Gasteiger partial charge is 0.221 e. The molecule has 0 fully saturated rings. The number of ether oxygens (including phenoxy) is 2. The van der Waals surface area contributed by atoms with Gasteiger partial charge in [0.15, 0.2) is 0 Å². The van der Waals surface area contributed by atoms with Gasteiger partial charge >= 0.3 is 0 Å². The fraction of sp³-hybridized carbons (Fsp3) is 0.538. The van der Waals surface area contributed by atoms with Gasteiger partial charge in [-0.05, 0) is 67.1 Å². The van der Waals surface area contributed by atoms with Gasteiger partial charge in [0.1, 0.15) is 26.3 Å². The number of benzene rings is 2. The molecule has 0 amide bonds. The van der Waals surface area contributed by atoms with Crippen molar-refractivity contribution in [1.29, 1.82) is 0 Å². The second-order valence-corrected chi connectivity index (χ2v) is 13.9. The quantitative estimate of drug-likeness (QED) is 0.0998. The molecule has 0 saturated heterocycles. The Bertz CT molecular complexity index is 1500. The molecule has 45 heavy (non-hydrogen) atoms. The van der Waals surface area contributed by atoms with Crippen LogP contribution in [0.1, 0.15) is 70.7 Å². The number of aryl methyl sites for hydroxylation is 2. The summed E-state index contributed by atoms with van der Waals surface area (Å²) in [5.41, 5.74) is 2.25. The van der Waals surface area contributed by atoms with Crippen LogP contribution in [0.2, 0.25) is 0 Å². The van der Waals surface area contributed by atoms with Crippen molar-refractivity contribution in [2.24, 2.45) is 0 Å². The molecule has 2 aromatic heterocycles. The molecule has 1 atom stereocenters. The van der Waals surface area contributed by atoms with Gasteiger partial charge in [-0.15, -0.1) is 0 Å². The molecular formula is C39H58N4O2+2. The van der Waals surface area contributed by atoms with E-state index in [-0.39, 0.29) is 0 Å². The average Bonchev–Trinajstić information content (AvgIpc) is 3.02. The molecule has 0 spiro atoms. The van der Waals surface area contributed by atoms with E-state index in [1.165, 1.54) is 23.6 Å². The normalized spacial score (nSPS) is 13.0. The number of fused-ring (bicyclic) bond motifs is 2. The lowest BCUT2D eigenvalue weighted by Gasteiger charge is -2.39. The Morgan fingerprint density at radius 3 is 1.62 bits per heavy atom. The van der Waals surface area contributed by atoms with Crippen LogP contribution in [0.4, 0.5) is 0 Å². The number of quaternary nitrogens is 2. The van der Waals surface area contributed by atoms with Gasteiger partial charge in [-0.3, -0.25) is 0 Å². The number of unbranched alkanes of at least 4 members (excludes halogenated alkanes) is 2. The highest BCUT2D eigenvalue weighted by atomic mass is 16.5. The van der Waals surface area contributed by atoms with Crippen molar-refractivity contribution in [2.45, 2.75) is 78.2 Å². The van der Waals surface area contributed by atoms with Gasteiger partial charge in [0.05, 0.1) is 40.8 Å². The largest absolute Gasteiger partial charge is 0.471 e. The number of hydrogen-bond acceptors (Lipinski definition) is 4. The third-order valence-electron chi connectivity index (χ3n) is 9.46. The second kappa shape index (κ2) is 16.4. The summed E-state index contributed by atoms with van der Waals surface area (Å²) in [6.45, 7) is 11.1. The lowest BCUT2D eigenvalue weighted by Crippen LogP contribution is -2.53. The van der Waals surface area contributed by atoms with Crippen molar-refractivity contribution < 1.29 is 18.4 Å².